The molecule has 0 atom stereocenters. The first-order valence-electron chi connectivity index (χ1n) is 18.9. The van der Waals surface area contributed by atoms with Crippen LogP contribution in [0.3, 0.4) is 0 Å². The fraction of sp³-hybridized carbons (Fsp3) is 0. The zero-order valence-corrected chi connectivity index (χ0v) is 31.4. The molecular formula is C51H32N4OS. The Hall–Kier alpha value is -7.41. The number of hydrogen-bond donors (Lipinski definition) is 0. The number of hydrogen-bond acceptors (Lipinski definition) is 6. The standard InChI is InChI=1S/C51H32N4OS/c1-4-13-33(14-5-1)34-23-26-38(27-24-34)55(44-21-12-20-42-41-19-10-11-22-47(41)57-48(42)44)39-28-30-45-43(32-39)40-29-25-37(31-46(40)56-45)51-53-49(35-15-6-2-7-16-35)52-50(54-51)36-17-8-3-9-18-36/h1-32H. The van der Waals surface area contributed by atoms with Crippen LogP contribution < -0.4 is 4.90 Å². The molecule has 0 amide bonds. The van der Waals surface area contributed by atoms with Crippen molar-refractivity contribution in [3.8, 4) is 45.3 Å². The van der Waals surface area contributed by atoms with Crippen molar-refractivity contribution >= 4 is 70.5 Å². The minimum absolute atomic E-state index is 0.590. The van der Waals surface area contributed by atoms with Crippen LogP contribution in [0.25, 0.3) is 87.4 Å². The van der Waals surface area contributed by atoms with E-state index in [1.807, 2.05) is 78.1 Å². The molecular weight excluding hydrogens is 717 g/mol. The lowest BCUT2D eigenvalue weighted by Crippen LogP contribution is -2.10. The van der Waals surface area contributed by atoms with Gasteiger partial charge in [0.1, 0.15) is 11.2 Å². The summed E-state index contributed by atoms with van der Waals surface area (Å²) in [6, 6.07) is 67.5. The maximum Gasteiger partial charge on any atom is 0.164 e. The van der Waals surface area contributed by atoms with Gasteiger partial charge in [0.25, 0.3) is 0 Å². The minimum atomic E-state index is 0.590. The first-order chi connectivity index (χ1) is 28.2. The second kappa shape index (κ2) is 13.7. The van der Waals surface area contributed by atoms with Gasteiger partial charge in [-0.25, -0.2) is 15.0 Å². The van der Waals surface area contributed by atoms with Crippen molar-refractivity contribution in [3.63, 3.8) is 0 Å². The van der Waals surface area contributed by atoms with Crippen LogP contribution in [0, 0.1) is 0 Å². The van der Waals surface area contributed by atoms with Gasteiger partial charge in [0.05, 0.1) is 10.4 Å². The molecule has 8 aromatic carbocycles. The summed E-state index contributed by atoms with van der Waals surface area (Å²) in [4.78, 5) is 17.2. The number of nitrogens with zero attached hydrogens (tertiary/aromatic N) is 4. The van der Waals surface area contributed by atoms with Gasteiger partial charge >= 0.3 is 0 Å². The third-order valence-corrected chi connectivity index (χ3v) is 11.7. The molecule has 0 aliphatic rings. The molecule has 11 aromatic rings. The lowest BCUT2D eigenvalue weighted by atomic mass is 10.0. The van der Waals surface area contributed by atoms with Crippen molar-refractivity contribution in [2.75, 3.05) is 4.90 Å². The van der Waals surface area contributed by atoms with Gasteiger partial charge in [-0.3, -0.25) is 0 Å². The number of fused-ring (bicyclic) bond motifs is 6. The summed E-state index contributed by atoms with van der Waals surface area (Å²) >= 11 is 1.84. The molecule has 0 unspecified atom stereocenters. The largest absolute Gasteiger partial charge is 0.456 e. The molecule has 0 saturated carbocycles. The predicted octanol–water partition coefficient (Wildman–Crippen LogP) is 14.3. The van der Waals surface area contributed by atoms with E-state index in [-0.39, 0.29) is 0 Å². The lowest BCUT2D eigenvalue weighted by molar-refractivity contribution is 0.669. The van der Waals surface area contributed by atoms with Gasteiger partial charge in [-0.1, -0.05) is 140 Å². The molecule has 0 N–H and O–H groups in total. The average Bonchev–Trinajstić information content (AvgIpc) is 3.86. The first kappa shape index (κ1) is 33.0. The van der Waals surface area contributed by atoms with Crippen molar-refractivity contribution in [1.82, 2.24) is 15.0 Å². The molecule has 0 fully saturated rings. The van der Waals surface area contributed by atoms with E-state index in [9.17, 15) is 0 Å². The zero-order chi connectivity index (χ0) is 37.7. The fourth-order valence-electron chi connectivity index (χ4n) is 7.75. The van der Waals surface area contributed by atoms with Crippen molar-refractivity contribution in [2.45, 2.75) is 0 Å². The molecule has 6 heteroatoms. The van der Waals surface area contributed by atoms with E-state index in [0.29, 0.717) is 17.5 Å². The third-order valence-electron chi connectivity index (χ3n) is 10.5. The minimum Gasteiger partial charge on any atom is -0.456 e. The Morgan fingerprint density at radius 2 is 0.930 bits per heavy atom. The van der Waals surface area contributed by atoms with E-state index in [0.717, 1.165) is 55.7 Å². The number of furan rings is 1. The van der Waals surface area contributed by atoms with E-state index in [4.69, 9.17) is 19.4 Å². The molecule has 268 valence electrons. The SMILES string of the molecule is c1ccc(-c2ccc(N(c3ccc4oc5cc(-c6nc(-c7ccccc7)nc(-c7ccccc7)n6)ccc5c4c3)c3cccc4c3sc3ccccc34)cc2)cc1. The topological polar surface area (TPSA) is 55.1 Å². The van der Waals surface area contributed by atoms with E-state index in [2.05, 4.69) is 132 Å². The second-order valence-corrected chi connectivity index (χ2v) is 15.1. The highest BCUT2D eigenvalue weighted by Crippen LogP contribution is 2.46. The normalized spacial score (nSPS) is 11.5. The van der Waals surface area contributed by atoms with Crippen molar-refractivity contribution < 1.29 is 4.42 Å². The Kier molecular flexibility index (Phi) is 7.93. The Labute approximate surface area is 332 Å². The Morgan fingerprint density at radius 1 is 0.368 bits per heavy atom. The summed E-state index contributed by atoms with van der Waals surface area (Å²) in [5.74, 6) is 1.84. The quantitative estimate of drug-likeness (QED) is 0.162. The molecule has 0 bridgehead atoms. The highest BCUT2D eigenvalue weighted by molar-refractivity contribution is 7.26. The molecule has 5 nitrogen and oxygen atoms in total. The number of thiophene rings is 1. The van der Waals surface area contributed by atoms with Gasteiger partial charge in [-0.2, -0.15) is 0 Å². The summed E-state index contributed by atoms with van der Waals surface area (Å²) in [5, 5.41) is 4.59. The summed E-state index contributed by atoms with van der Waals surface area (Å²) < 4.78 is 9.10. The van der Waals surface area contributed by atoms with Crippen LogP contribution in [-0.4, -0.2) is 15.0 Å². The lowest BCUT2D eigenvalue weighted by Gasteiger charge is -2.26. The number of anilines is 3. The van der Waals surface area contributed by atoms with Crippen LogP contribution in [0.5, 0.6) is 0 Å². The maximum absolute atomic E-state index is 6.58. The molecule has 3 heterocycles. The molecule has 0 spiro atoms. The van der Waals surface area contributed by atoms with E-state index in [1.54, 1.807) is 0 Å². The van der Waals surface area contributed by atoms with Crippen LogP contribution in [0.15, 0.2) is 199 Å². The summed E-state index contributed by atoms with van der Waals surface area (Å²) in [6.07, 6.45) is 0. The molecule has 11 rings (SSSR count). The van der Waals surface area contributed by atoms with Crippen LogP contribution >= 0.6 is 11.3 Å². The zero-order valence-electron chi connectivity index (χ0n) is 30.6. The molecule has 0 radical (unpaired) electrons. The van der Waals surface area contributed by atoms with Gasteiger partial charge in [0, 0.05) is 54.3 Å². The highest BCUT2D eigenvalue weighted by atomic mass is 32.1. The molecule has 0 aliphatic heterocycles. The van der Waals surface area contributed by atoms with Gasteiger partial charge in [0.2, 0.25) is 0 Å². The number of benzene rings is 8. The van der Waals surface area contributed by atoms with Crippen LogP contribution in [-0.2, 0) is 0 Å². The predicted molar refractivity (Wildman–Crippen MR) is 236 cm³/mol. The summed E-state index contributed by atoms with van der Waals surface area (Å²) in [7, 11) is 0. The Balaban J connectivity index is 1.05. The monoisotopic (exact) mass is 748 g/mol. The van der Waals surface area contributed by atoms with E-state index in [1.165, 1.54) is 31.3 Å². The first-order valence-corrected chi connectivity index (χ1v) is 19.7. The Bertz CT molecular complexity index is 3170. The molecule has 57 heavy (non-hydrogen) atoms. The van der Waals surface area contributed by atoms with Gasteiger partial charge in [0.15, 0.2) is 17.5 Å². The molecule has 3 aromatic heterocycles. The highest BCUT2D eigenvalue weighted by Gasteiger charge is 2.20. The Morgan fingerprint density at radius 3 is 1.63 bits per heavy atom. The number of aromatic nitrogens is 3. The maximum atomic E-state index is 6.58. The number of rotatable bonds is 7. The van der Waals surface area contributed by atoms with E-state index >= 15 is 0 Å². The smallest absolute Gasteiger partial charge is 0.164 e. The van der Waals surface area contributed by atoms with Crippen LogP contribution in [0.1, 0.15) is 0 Å². The molecule has 0 saturated heterocycles. The third kappa shape index (κ3) is 5.91. The fourth-order valence-corrected chi connectivity index (χ4v) is 8.96. The van der Waals surface area contributed by atoms with Crippen LogP contribution in [0.2, 0.25) is 0 Å². The second-order valence-electron chi connectivity index (χ2n) is 14.0. The summed E-state index contributed by atoms with van der Waals surface area (Å²) in [6.45, 7) is 0. The molecule has 0 aliphatic carbocycles. The van der Waals surface area contributed by atoms with Crippen molar-refractivity contribution in [1.29, 1.82) is 0 Å². The van der Waals surface area contributed by atoms with E-state index < -0.39 is 0 Å². The van der Waals surface area contributed by atoms with Crippen molar-refractivity contribution in [3.05, 3.63) is 194 Å². The van der Waals surface area contributed by atoms with Gasteiger partial charge in [-0.15, -0.1) is 11.3 Å². The van der Waals surface area contributed by atoms with Crippen molar-refractivity contribution in [2.24, 2.45) is 0 Å². The van der Waals surface area contributed by atoms with Crippen LogP contribution in [0.4, 0.5) is 17.1 Å². The average molecular weight is 749 g/mol. The van der Waals surface area contributed by atoms with Gasteiger partial charge < -0.3 is 9.32 Å². The summed E-state index contributed by atoms with van der Waals surface area (Å²) in [5.41, 5.74) is 9.93. The van der Waals surface area contributed by atoms with Gasteiger partial charge in [-0.05, 0) is 65.7 Å².